The molecule has 0 amide bonds. The minimum Gasteiger partial charge on any atom is -0.462 e. The van der Waals surface area contributed by atoms with Crippen LogP contribution in [0.5, 0.6) is 0 Å². The first-order chi connectivity index (χ1) is 11.6. The van der Waals surface area contributed by atoms with Crippen LogP contribution in [0.2, 0.25) is 0 Å². The summed E-state index contributed by atoms with van der Waals surface area (Å²) in [5.74, 6) is 1.33. The molecule has 3 rings (SSSR count). The normalized spacial score (nSPS) is 10.8. The number of benzene rings is 1. The Morgan fingerprint density at radius 3 is 2.88 bits per heavy atom. The molecule has 0 saturated heterocycles. The van der Waals surface area contributed by atoms with E-state index in [2.05, 4.69) is 24.2 Å². The molecule has 0 N–H and O–H groups in total. The summed E-state index contributed by atoms with van der Waals surface area (Å²) in [6.45, 7) is 6.67. The number of carbonyl (C=O) groups excluding carboxylic acids is 1. The first kappa shape index (κ1) is 16.1. The van der Waals surface area contributed by atoms with Gasteiger partial charge in [0.25, 0.3) is 0 Å². The Labute approximate surface area is 140 Å². The van der Waals surface area contributed by atoms with Crippen LogP contribution in [0.3, 0.4) is 0 Å². The number of furan rings is 1. The summed E-state index contributed by atoms with van der Waals surface area (Å²) in [4.78, 5) is 11.7. The molecule has 0 spiro atoms. The lowest BCUT2D eigenvalue weighted by Crippen LogP contribution is -2.04. The van der Waals surface area contributed by atoms with Crippen LogP contribution in [0.15, 0.2) is 47.1 Å². The zero-order valence-corrected chi connectivity index (χ0v) is 14.1. The lowest BCUT2D eigenvalue weighted by Gasteiger charge is -1.99. The third-order valence-electron chi connectivity index (χ3n) is 3.80. The predicted molar refractivity (Wildman–Crippen MR) is 90.9 cm³/mol. The van der Waals surface area contributed by atoms with E-state index in [9.17, 15) is 4.79 Å². The van der Waals surface area contributed by atoms with Gasteiger partial charge in [0.1, 0.15) is 11.5 Å². The number of ether oxygens (including phenoxy) is 1. The minimum atomic E-state index is -0.354. The van der Waals surface area contributed by atoms with Crippen molar-refractivity contribution in [3.63, 3.8) is 0 Å². The van der Waals surface area contributed by atoms with Gasteiger partial charge in [0.15, 0.2) is 0 Å². The molecule has 2 heterocycles. The van der Waals surface area contributed by atoms with Crippen molar-refractivity contribution in [3.8, 4) is 11.3 Å². The maximum absolute atomic E-state index is 11.7. The molecular weight excluding hydrogens is 304 g/mol. The van der Waals surface area contributed by atoms with Crippen LogP contribution < -0.4 is 0 Å². The molecule has 0 aliphatic carbocycles. The quantitative estimate of drug-likeness (QED) is 0.666. The molecule has 0 saturated carbocycles. The van der Waals surface area contributed by atoms with Crippen LogP contribution in [0.1, 0.15) is 34.2 Å². The second-order valence-corrected chi connectivity index (χ2v) is 5.71. The average molecular weight is 324 g/mol. The van der Waals surface area contributed by atoms with Crippen LogP contribution in [0, 0.1) is 13.8 Å². The number of hydrogen-bond acceptors (Lipinski definition) is 4. The Bertz CT molecular complexity index is 861. The van der Waals surface area contributed by atoms with Crippen molar-refractivity contribution in [2.24, 2.45) is 0 Å². The lowest BCUT2D eigenvalue weighted by atomic mass is 10.1. The summed E-state index contributed by atoms with van der Waals surface area (Å²) in [5.41, 5.74) is 3.73. The molecule has 2 aromatic heterocycles. The minimum absolute atomic E-state index is 0.352. The second kappa shape index (κ2) is 6.74. The molecule has 3 aromatic rings. The van der Waals surface area contributed by atoms with Crippen LogP contribution >= 0.6 is 0 Å². The summed E-state index contributed by atoms with van der Waals surface area (Å²) in [6, 6.07) is 10.2. The highest BCUT2D eigenvalue weighted by Crippen LogP contribution is 2.26. The number of esters is 1. The van der Waals surface area contributed by atoms with Gasteiger partial charge in [-0.15, -0.1) is 0 Å². The van der Waals surface area contributed by atoms with E-state index in [-0.39, 0.29) is 5.97 Å². The predicted octanol–water partition coefficient (Wildman–Crippen LogP) is 3.98. The van der Waals surface area contributed by atoms with E-state index in [4.69, 9.17) is 9.15 Å². The van der Waals surface area contributed by atoms with Gasteiger partial charge in [-0.05, 0) is 32.9 Å². The van der Waals surface area contributed by atoms with Crippen molar-refractivity contribution >= 4 is 5.97 Å². The Balaban J connectivity index is 1.80. The summed E-state index contributed by atoms with van der Waals surface area (Å²) < 4.78 is 12.6. The van der Waals surface area contributed by atoms with Gasteiger partial charge in [-0.25, -0.2) is 4.79 Å². The fourth-order valence-electron chi connectivity index (χ4n) is 2.56. The standard InChI is InChI=1S/C19H20N2O3/c1-4-23-19(22)17-10-20-21(12-17)11-16-9-18(24-14(16)3)15-7-5-6-13(2)8-15/h5-10,12H,4,11H2,1-3H3. The van der Waals surface area contributed by atoms with Gasteiger partial charge in [0.2, 0.25) is 0 Å². The number of aromatic nitrogens is 2. The third kappa shape index (κ3) is 3.40. The molecule has 5 heteroatoms. The fraction of sp³-hybridized carbons (Fsp3) is 0.263. The fourth-order valence-corrected chi connectivity index (χ4v) is 2.56. The van der Waals surface area contributed by atoms with Crippen molar-refractivity contribution in [2.45, 2.75) is 27.3 Å². The summed E-state index contributed by atoms with van der Waals surface area (Å²) in [5, 5.41) is 4.23. The second-order valence-electron chi connectivity index (χ2n) is 5.71. The highest BCUT2D eigenvalue weighted by atomic mass is 16.5. The summed E-state index contributed by atoms with van der Waals surface area (Å²) >= 11 is 0. The van der Waals surface area contributed by atoms with Crippen LogP contribution in [0.25, 0.3) is 11.3 Å². The van der Waals surface area contributed by atoms with E-state index in [0.717, 1.165) is 22.6 Å². The maximum atomic E-state index is 11.7. The van der Waals surface area contributed by atoms with E-state index in [1.54, 1.807) is 17.8 Å². The average Bonchev–Trinajstić information content (AvgIpc) is 3.16. The highest BCUT2D eigenvalue weighted by Gasteiger charge is 2.13. The molecule has 24 heavy (non-hydrogen) atoms. The van der Waals surface area contributed by atoms with Gasteiger partial charge in [-0.3, -0.25) is 4.68 Å². The third-order valence-corrected chi connectivity index (χ3v) is 3.80. The SMILES string of the molecule is CCOC(=O)c1cnn(Cc2cc(-c3cccc(C)c3)oc2C)c1. The molecule has 124 valence electrons. The smallest absolute Gasteiger partial charge is 0.341 e. The van der Waals surface area contributed by atoms with Gasteiger partial charge in [-0.1, -0.05) is 23.8 Å². The Hall–Kier alpha value is -2.82. The van der Waals surface area contributed by atoms with E-state index in [1.165, 1.54) is 11.8 Å². The molecule has 1 aromatic carbocycles. The number of carbonyl (C=O) groups is 1. The van der Waals surface area contributed by atoms with Crippen LogP contribution in [0.4, 0.5) is 0 Å². The maximum Gasteiger partial charge on any atom is 0.341 e. The number of hydrogen-bond donors (Lipinski definition) is 0. The first-order valence-electron chi connectivity index (χ1n) is 7.92. The van der Waals surface area contributed by atoms with Crippen molar-refractivity contribution in [1.82, 2.24) is 9.78 Å². The Morgan fingerprint density at radius 1 is 1.29 bits per heavy atom. The van der Waals surface area contributed by atoms with Gasteiger partial charge in [0, 0.05) is 17.3 Å². The zero-order valence-electron chi connectivity index (χ0n) is 14.1. The molecule has 0 aliphatic rings. The molecule has 0 radical (unpaired) electrons. The molecule has 0 aliphatic heterocycles. The largest absolute Gasteiger partial charge is 0.462 e. The Morgan fingerprint density at radius 2 is 2.12 bits per heavy atom. The molecule has 0 atom stereocenters. The highest BCUT2D eigenvalue weighted by molar-refractivity contribution is 5.88. The molecule has 5 nitrogen and oxygen atoms in total. The first-order valence-corrected chi connectivity index (χ1v) is 7.92. The number of rotatable bonds is 5. The monoisotopic (exact) mass is 324 g/mol. The summed E-state index contributed by atoms with van der Waals surface area (Å²) in [7, 11) is 0. The van der Waals surface area contributed by atoms with Crippen molar-refractivity contribution < 1.29 is 13.9 Å². The molecule has 0 unspecified atom stereocenters. The van der Waals surface area contributed by atoms with Crippen molar-refractivity contribution in [3.05, 3.63) is 65.2 Å². The van der Waals surface area contributed by atoms with Crippen molar-refractivity contribution in [1.29, 1.82) is 0 Å². The molecule has 0 fully saturated rings. The van der Waals surface area contributed by atoms with Crippen LogP contribution in [-0.4, -0.2) is 22.4 Å². The van der Waals surface area contributed by atoms with Crippen LogP contribution in [-0.2, 0) is 11.3 Å². The molecular formula is C19H20N2O3. The van der Waals surface area contributed by atoms with E-state index in [0.29, 0.717) is 18.7 Å². The van der Waals surface area contributed by atoms with Gasteiger partial charge in [0.05, 0.1) is 24.9 Å². The van der Waals surface area contributed by atoms with Crippen molar-refractivity contribution in [2.75, 3.05) is 6.61 Å². The zero-order chi connectivity index (χ0) is 17.1. The topological polar surface area (TPSA) is 57.3 Å². The number of aryl methyl sites for hydroxylation is 2. The lowest BCUT2D eigenvalue weighted by molar-refractivity contribution is 0.0526. The van der Waals surface area contributed by atoms with E-state index >= 15 is 0 Å². The van der Waals surface area contributed by atoms with Gasteiger partial charge in [-0.2, -0.15) is 5.10 Å². The number of nitrogens with zero attached hydrogens (tertiary/aromatic N) is 2. The van der Waals surface area contributed by atoms with Gasteiger partial charge < -0.3 is 9.15 Å². The van der Waals surface area contributed by atoms with E-state index < -0.39 is 0 Å². The van der Waals surface area contributed by atoms with E-state index in [1.807, 2.05) is 25.1 Å². The van der Waals surface area contributed by atoms with Gasteiger partial charge >= 0.3 is 5.97 Å². The Kier molecular flexibility index (Phi) is 4.51. The molecule has 0 bridgehead atoms. The summed E-state index contributed by atoms with van der Waals surface area (Å²) in [6.07, 6.45) is 3.21.